The maximum absolute atomic E-state index is 5.17. The Labute approximate surface area is 305 Å². The minimum absolute atomic E-state index is 0.127. The molecule has 0 amide bonds. The molecule has 0 unspecified atom stereocenters. The van der Waals surface area contributed by atoms with E-state index in [4.69, 9.17) is 9.97 Å². The van der Waals surface area contributed by atoms with Crippen LogP contribution in [0, 0.1) is 0 Å². The Morgan fingerprint density at radius 3 is 1.06 bits per heavy atom. The van der Waals surface area contributed by atoms with Gasteiger partial charge >= 0.3 is 0 Å². The molecule has 248 valence electrons. The van der Waals surface area contributed by atoms with Crippen LogP contribution in [0.1, 0.15) is 49.9 Å². The van der Waals surface area contributed by atoms with Crippen molar-refractivity contribution in [3.8, 4) is 67.0 Å². The normalized spacial score (nSPS) is 14.5. The van der Waals surface area contributed by atoms with Gasteiger partial charge in [-0.15, -0.1) is 0 Å². The smallest absolute Gasteiger partial charge is 0.160 e. The lowest BCUT2D eigenvalue weighted by atomic mass is 9.81. The Hall–Kier alpha value is -6.12. The predicted octanol–water partition coefficient (Wildman–Crippen LogP) is 12.9. The number of pyridine rings is 2. The average Bonchev–Trinajstić information content (AvgIpc) is 3.56. The summed E-state index contributed by atoms with van der Waals surface area (Å²) >= 11 is 0. The number of aromatic nitrogens is 2. The second kappa shape index (κ2) is 11.2. The van der Waals surface area contributed by atoms with Crippen molar-refractivity contribution in [3.63, 3.8) is 0 Å². The van der Waals surface area contributed by atoms with E-state index < -0.39 is 0 Å². The minimum Gasteiger partial charge on any atom is -0.228 e. The monoisotopic (exact) mass is 666 g/mol. The number of fused-ring (bicyclic) bond motifs is 7. The summed E-state index contributed by atoms with van der Waals surface area (Å²) in [6, 6.07) is 57.4. The number of benzene rings is 6. The molecule has 2 heterocycles. The van der Waals surface area contributed by atoms with Crippen LogP contribution in [-0.2, 0) is 10.8 Å². The molecule has 0 radical (unpaired) electrons. The van der Waals surface area contributed by atoms with Crippen molar-refractivity contribution >= 4 is 11.0 Å². The summed E-state index contributed by atoms with van der Waals surface area (Å²) in [5.74, 6) is 0. The summed E-state index contributed by atoms with van der Waals surface area (Å²) in [4.78, 5) is 10.3. The number of rotatable bonds is 4. The van der Waals surface area contributed by atoms with Gasteiger partial charge < -0.3 is 0 Å². The van der Waals surface area contributed by atoms with Gasteiger partial charge in [0.25, 0.3) is 0 Å². The highest BCUT2D eigenvalue weighted by Gasteiger charge is 2.37. The van der Waals surface area contributed by atoms with Gasteiger partial charge in [-0.1, -0.05) is 137 Å². The van der Waals surface area contributed by atoms with E-state index in [9.17, 15) is 0 Å². The summed E-state index contributed by atoms with van der Waals surface area (Å²) in [5.41, 5.74) is 20.3. The SMILES string of the molecule is CC1(C)c2cc(-c3ccccc3)ccc2-c2ccc(-c3ccc4ccc(-c5ccc6c(c5)C(C)(C)c5cc(-c7ccccc7)ccc5-6)nc4n3)cc21. The Balaban J connectivity index is 0.988. The van der Waals surface area contributed by atoms with E-state index in [-0.39, 0.29) is 10.8 Å². The quantitative estimate of drug-likeness (QED) is 0.187. The topological polar surface area (TPSA) is 25.8 Å². The zero-order chi connectivity index (χ0) is 35.2. The molecule has 2 aliphatic rings. The van der Waals surface area contributed by atoms with Crippen LogP contribution in [0.4, 0.5) is 0 Å². The molecule has 2 nitrogen and oxygen atoms in total. The van der Waals surface area contributed by atoms with Gasteiger partial charge in [-0.05, 0) is 115 Å². The molecular weight excluding hydrogens is 629 g/mol. The molecule has 0 saturated carbocycles. The van der Waals surface area contributed by atoms with Crippen LogP contribution in [0.3, 0.4) is 0 Å². The average molecular weight is 667 g/mol. The lowest BCUT2D eigenvalue weighted by molar-refractivity contribution is 0.660. The maximum Gasteiger partial charge on any atom is 0.160 e. The summed E-state index contributed by atoms with van der Waals surface area (Å²) < 4.78 is 0. The van der Waals surface area contributed by atoms with Crippen LogP contribution in [0.5, 0.6) is 0 Å². The van der Waals surface area contributed by atoms with E-state index in [0.29, 0.717) is 0 Å². The molecule has 0 N–H and O–H groups in total. The zero-order valence-electron chi connectivity index (χ0n) is 29.9. The van der Waals surface area contributed by atoms with Crippen molar-refractivity contribution in [1.29, 1.82) is 0 Å². The summed E-state index contributed by atoms with van der Waals surface area (Å²) in [6.45, 7) is 9.37. The fourth-order valence-corrected chi connectivity index (χ4v) is 8.73. The minimum atomic E-state index is -0.127. The standard InChI is InChI=1S/C50H38N2/c1-49(2)42-27-34(31-11-7-5-8-12-31)15-21-38(42)40-23-17-36(29-44(40)49)46-25-19-33-20-26-47(52-48(33)51-46)37-18-24-41-39-22-16-35(32-13-9-6-10-14-32)28-43(39)50(3,4)45(41)30-37/h5-30H,1-4H3. The second-order valence-corrected chi connectivity index (χ2v) is 15.5. The van der Waals surface area contributed by atoms with Gasteiger partial charge in [0, 0.05) is 27.3 Å². The third-order valence-corrected chi connectivity index (χ3v) is 11.7. The third-order valence-electron chi connectivity index (χ3n) is 11.7. The Morgan fingerprint density at radius 2 is 0.673 bits per heavy atom. The van der Waals surface area contributed by atoms with Crippen molar-refractivity contribution in [3.05, 3.63) is 180 Å². The highest BCUT2D eigenvalue weighted by Crippen LogP contribution is 2.52. The van der Waals surface area contributed by atoms with E-state index in [1.54, 1.807) is 0 Å². The highest BCUT2D eigenvalue weighted by molar-refractivity contribution is 5.88. The van der Waals surface area contributed by atoms with E-state index in [1.807, 2.05) is 0 Å². The molecule has 0 atom stereocenters. The van der Waals surface area contributed by atoms with Crippen molar-refractivity contribution in [2.75, 3.05) is 0 Å². The third kappa shape index (κ3) is 4.64. The Morgan fingerprint density at radius 1 is 0.327 bits per heavy atom. The van der Waals surface area contributed by atoms with Crippen molar-refractivity contribution in [1.82, 2.24) is 9.97 Å². The maximum atomic E-state index is 5.17. The predicted molar refractivity (Wildman–Crippen MR) is 216 cm³/mol. The van der Waals surface area contributed by atoms with E-state index in [2.05, 4.69) is 185 Å². The van der Waals surface area contributed by atoms with Crippen LogP contribution in [0.25, 0.3) is 78.1 Å². The molecule has 10 rings (SSSR count). The molecular formula is C50H38N2. The molecule has 2 heteroatoms. The van der Waals surface area contributed by atoms with Crippen molar-refractivity contribution in [2.45, 2.75) is 38.5 Å². The van der Waals surface area contributed by atoms with E-state index in [0.717, 1.165) is 33.5 Å². The molecule has 0 spiro atoms. The first-order chi connectivity index (χ1) is 25.3. The first-order valence-corrected chi connectivity index (χ1v) is 18.2. The molecule has 0 saturated heterocycles. The van der Waals surface area contributed by atoms with Crippen LogP contribution in [0.15, 0.2) is 158 Å². The van der Waals surface area contributed by atoms with E-state index >= 15 is 0 Å². The Bertz CT molecular complexity index is 2530. The van der Waals surface area contributed by atoms with Gasteiger partial charge in [0.2, 0.25) is 0 Å². The van der Waals surface area contributed by atoms with Crippen molar-refractivity contribution in [2.24, 2.45) is 0 Å². The van der Waals surface area contributed by atoms with Gasteiger partial charge in [-0.3, -0.25) is 0 Å². The van der Waals surface area contributed by atoms with Crippen LogP contribution < -0.4 is 0 Å². The largest absolute Gasteiger partial charge is 0.228 e. The molecule has 2 aromatic heterocycles. The summed E-state index contributed by atoms with van der Waals surface area (Å²) in [6.07, 6.45) is 0. The molecule has 0 aliphatic heterocycles. The van der Waals surface area contributed by atoms with Crippen LogP contribution >= 0.6 is 0 Å². The molecule has 0 fully saturated rings. The summed E-state index contributed by atoms with van der Waals surface area (Å²) in [7, 11) is 0. The van der Waals surface area contributed by atoms with Crippen molar-refractivity contribution < 1.29 is 0 Å². The van der Waals surface area contributed by atoms with Gasteiger partial charge in [0.15, 0.2) is 5.65 Å². The van der Waals surface area contributed by atoms with Gasteiger partial charge in [-0.2, -0.15) is 0 Å². The van der Waals surface area contributed by atoms with Crippen LogP contribution in [-0.4, -0.2) is 9.97 Å². The zero-order valence-corrected chi connectivity index (χ0v) is 29.9. The number of nitrogens with zero attached hydrogens (tertiary/aromatic N) is 2. The number of hydrogen-bond acceptors (Lipinski definition) is 2. The first-order valence-electron chi connectivity index (χ1n) is 18.2. The fourth-order valence-electron chi connectivity index (χ4n) is 8.73. The lowest BCUT2D eigenvalue weighted by Crippen LogP contribution is -2.15. The molecule has 6 aromatic carbocycles. The van der Waals surface area contributed by atoms with Gasteiger partial charge in [0.1, 0.15) is 0 Å². The molecule has 2 aliphatic carbocycles. The fraction of sp³-hybridized carbons (Fsp3) is 0.120. The van der Waals surface area contributed by atoms with Gasteiger partial charge in [0.05, 0.1) is 11.4 Å². The first kappa shape index (κ1) is 30.7. The number of hydrogen-bond donors (Lipinski definition) is 0. The lowest BCUT2D eigenvalue weighted by Gasteiger charge is -2.22. The second-order valence-electron chi connectivity index (χ2n) is 15.5. The molecule has 52 heavy (non-hydrogen) atoms. The molecule has 8 aromatic rings. The van der Waals surface area contributed by atoms with E-state index in [1.165, 1.54) is 66.8 Å². The summed E-state index contributed by atoms with van der Waals surface area (Å²) in [5, 5.41) is 1.04. The van der Waals surface area contributed by atoms with Gasteiger partial charge in [-0.25, -0.2) is 9.97 Å². The highest BCUT2D eigenvalue weighted by atomic mass is 14.9. The molecule has 0 bridgehead atoms. The van der Waals surface area contributed by atoms with Crippen LogP contribution in [0.2, 0.25) is 0 Å². The Kier molecular flexibility index (Phi) is 6.60.